The van der Waals surface area contributed by atoms with E-state index >= 15 is 0 Å². The summed E-state index contributed by atoms with van der Waals surface area (Å²) in [6.07, 6.45) is 4.52. The van der Waals surface area contributed by atoms with Crippen molar-refractivity contribution >= 4 is 40.5 Å². The van der Waals surface area contributed by atoms with Crippen molar-refractivity contribution < 1.29 is 4.79 Å². The molecule has 1 amide bonds. The maximum absolute atomic E-state index is 12.4. The molecule has 4 rings (SSSR count). The minimum Gasteiger partial charge on any atom is -0.325 e. The maximum Gasteiger partial charge on any atom is 0.234 e. The molecule has 5 nitrogen and oxygen atoms in total. The van der Waals surface area contributed by atoms with Crippen molar-refractivity contribution in [1.29, 1.82) is 0 Å². The van der Waals surface area contributed by atoms with Crippen LogP contribution in [-0.2, 0) is 11.2 Å². The van der Waals surface area contributed by atoms with E-state index in [9.17, 15) is 4.79 Å². The zero-order valence-electron chi connectivity index (χ0n) is 16.7. The highest BCUT2D eigenvalue weighted by Crippen LogP contribution is 2.27. The van der Waals surface area contributed by atoms with Crippen LogP contribution < -0.4 is 5.32 Å². The first kappa shape index (κ1) is 20.4. The van der Waals surface area contributed by atoms with Crippen LogP contribution in [0.3, 0.4) is 0 Å². The minimum absolute atomic E-state index is 0.107. The van der Waals surface area contributed by atoms with Crippen LogP contribution in [0.15, 0.2) is 66.0 Å². The lowest BCUT2D eigenvalue weighted by molar-refractivity contribution is -0.113. The summed E-state index contributed by atoms with van der Waals surface area (Å²) in [6.45, 7) is 4.07. The Kier molecular flexibility index (Phi) is 6.06. The van der Waals surface area contributed by atoms with Gasteiger partial charge in [0.1, 0.15) is 5.03 Å². The number of hydrogen-bond acceptors (Lipinski definition) is 4. The number of nitrogens with zero attached hydrogens (tertiary/aromatic N) is 3. The minimum atomic E-state index is -0.107. The third-order valence-electron chi connectivity index (χ3n) is 4.83. The number of carbonyl (C=O) groups excluding carboxylic acids is 1. The van der Waals surface area contributed by atoms with Gasteiger partial charge < -0.3 is 5.32 Å². The van der Waals surface area contributed by atoms with Crippen molar-refractivity contribution in [2.45, 2.75) is 25.3 Å². The molecule has 4 aromatic rings. The number of aryl methyl sites for hydroxylation is 2. The van der Waals surface area contributed by atoms with E-state index in [-0.39, 0.29) is 11.7 Å². The van der Waals surface area contributed by atoms with Crippen molar-refractivity contribution in [3.63, 3.8) is 0 Å². The van der Waals surface area contributed by atoms with Gasteiger partial charge in [-0.05, 0) is 42.7 Å². The number of benzene rings is 2. The summed E-state index contributed by atoms with van der Waals surface area (Å²) in [7, 11) is 0. The molecule has 0 spiro atoms. The summed E-state index contributed by atoms with van der Waals surface area (Å²) in [4.78, 5) is 16.9. The van der Waals surface area contributed by atoms with Gasteiger partial charge in [0.25, 0.3) is 0 Å². The van der Waals surface area contributed by atoms with Gasteiger partial charge in [0.2, 0.25) is 5.91 Å². The number of rotatable bonds is 6. The van der Waals surface area contributed by atoms with Crippen LogP contribution in [-0.4, -0.2) is 26.3 Å². The lowest BCUT2D eigenvalue weighted by Crippen LogP contribution is -2.15. The molecular weight excluding hydrogens is 416 g/mol. The summed E-state index contributed by atoms with van der Waals surface area (Å²) in [5.74, 6) is 0.133. The highest BCUT2D eigenvalue weighted by Gasteiger charge is 2.12. The molecule has 0 aliphatic rings. The number of thioether (sulfide) groups is 1. The molecule has 2 aromatic carbocycles. The molecule has 0 unspecified atom stereocenters. The Morgan fingerprint density at radius 2 is 1.97 bits per heavy atom. The third kappa shape index (κ3) is 4.50. The van der Waals surface area contributed by atoms with E-state index in [2.05, 4.69) is 46.6 Å². The Bertz CT molecular complexity index is 1200. The monoisotopic (exact) mass is 436 g/mol. The van der Waals surface area contributed by atoms with Gasteiger partial charge in [0.05, 0.1) is 17.0 Å². The van der Waals surface area contributed by atoms with Gasteiger partial charge in [-0.25, -0.2) is 9.50 Å². The average molecular weight is 437 g/mol. The molecule has 0 saturated carbocycles. The number of anilines is 1. The van der Waals surface area contributed by atoms with Crippen LogP contribution in [0.25, 0.3) is 16.8 Å². The summed E-state index contributed by atoms with van der Waals surface area (Å²) < 4.78 is 1.80. The van der Waals surface area contributed by atoms with Crippen molar-refractivity contribution in [1.82, 2.24) is 14.6 Å². The average Bonchev–Trinajstić information content (AvgIpc) is 3.20. The predicted molar refractivity (Wildman–Crippen MR) is 123 cm³/mol. The summed E-state index contributed by atoms with van der Waals surface area (Å²) in [6, 6.07) is 15.9. The molecule has 7 heteroatoms. The summed E-state index contributed by atoms with van der Waals surface area (Å²) in [5.41, 5.74) is 5.80. The van der Waals surface area contributed by atoms with Crippen LogP contribution in [0.2, 0.25) is 5.02 Å². The van der Waals surface area contributed by atoms with Gasteiger partial charge in [0, 0.05) is 28.7 Å². The molecule has 0 radical (unpaired) electrons. The van der Waals surface area contributed by atoms with Crippen molar-refractivity contribution in [3.05, 3.63) is 77.1 Å². The fourth-order valence-corrected chi connectivity index (χ4v) is 4.06. The Hall–Kier alpha value is -2.83. The quantitative estimate of drug-likeness (QED) is 0.397. The van der Waals surface area contributed by atoms with E-state index in [1.54, 1.807) is 22.8 Å². The van der Waals surface area contributed by atoms with Crippen molar-refractivity contribution in [2.24, 2.45) is 0 Å². The summed E-state index contributed by atoms with van der Waals surface area (Å²) >= 11 is 7.42. The predicted octanol–water partition coefficient (Wildman–Crippen LogP) is 5.65. The van der Waals surface area contributed by atoms with Crippen LogP contribution in [0.4, 0.5) is 5.69 Å². The van der Waals surface area contributed by atoms with Gasteiger partial charge in [-0.1, -0.05) is 60.6 Å². The molecule has 0 aliphatic carbocycles. The Balaban J connectivity index is 1.50. The first-order chi connectivity index (χ1) is 14.5. The number of halogens is 1. The van der Waals surface area contributed by atoms with E-state index in [0.717, 1.165) is 39.5 Å². The molecule has 0 atom stereocenters. The Morgan fingerprint density at radius 3 is 2.73 bits per heavy atom. The van der Waals surface area contributed by atoms with E-state index in [0.29, 0.717) is 5.02 Å². The number of amides is 1. The van der Waals surface area contributed by atoms with Crippen molar-refractivity contribution in [2.75, 3.05) is 11.1 Å². The smallest absolute Gasteiger partial charge is 0.234 e. The van der Waals surface area contributed by atoms with Gasteiger partial charge in [-0.15, -0.1) is 0 Å². The zero-order chi connectivity index (χ0) is 21.1. The number of fused-ring (bicyclic) bond motifs is 1. The van der Waals surface area contributed by atoms with E-state index in [1.807, 2.05) is 25.3 Å². The number of aromatic nitrogens is 3. The van der Waals surface area contributed by atoms with Crippen LogP contribution in [0, 0.1) is 6.92 Å². The van der Waals surface area contributed by atoms with Gasteiger partial charge in [0.15, 0.2) is 0 Å². The van der Waals surface area contributed by atoms with Crippen molar-refractivity contribution in [3.8, 4) is 11.3 Å². The Labute approximate surface area is 184 Å². The first-order valence-corrected chi connectivity index (χ1v) is 11.0. The van der Waals surface area contributed by atoms with Gasteiger partial charge >= 0.3 is 0 Å². The standard InChI is InChI=1S/C23H21ClN4OS/c1-3-16-5-7-17(8-6-16)20-13-21-23(25-10-11-28(21)27-20)30-14-22(29)26-19-12-18(24)9-4-15(19)2/h4-13H,3,14H2,1-2H3,(H,26,29). The second-order valence-electron chi connectivity index (χ2n) is 6.94. The third-order valence-corrected chi connectivity index (χ3v) is 6.06. The second kappa shape index (κ2) is 8.90. The highest BCUT2D eigenvalue weighted by molar-refractivity contribution is 8.00. The maximum atomic E-state index is 12.4. The Morgan fingerprint density at radius 1 is 1.17 bits per heavy atom. The van der Waals surface area contributed by atoms with Crippen LogP contribution in [0.1, 0.15) is 18.1 Å². The molecule has 152 valence electrons. The van der Waals surface area contributed by atoms with Gasteiger partial charge in [-0.3, -0.25) is 4.79 Å². The molecule has 2 heterocycles. The van der Waals surface area contributed by atoms with Crippen LogP contribution in [0.5, 0.6) is 0 Å². The van der Waals surface area contributed by atoms with E-state index in [4.69, 9.17) is 11.6 Å². The fraction of sp³-hybridized carbons (Fsp3) is 0.174. The number of nitrogens with one attached hydrogen (secondary N) is 1. The summed E-state index contributed by atoms with van der Waals surface area (Å²) in [5, 5.41) is 8.93. The highest BCUT2D eigenvalue weighted by atomic mass is 35.5. The molecule has 0 bridgehead atoms. The van der Waals surface area contributed by atoms with Crippen LogP contribution >= 0.6 is 23.4 Å². The topological polar surface area (TPSA) is 59.3 Å². The second-order valence-corrected chi connectivity index (χ2v) is 8.34. The molecular formula is C23H21ClN4OS. The molecule has 1 N–H and O–H groups in total. The number of hydrogen-bond donors (Lipinski definition) is 1. The molecule has 30 heavy (non-hydrogen) atoms. The van der Waals surface area contributed by atoms with E-state index in [1.165, 1.54) is 17.3 Å². The number of carbonyl (C=O) groups is 1. The molecule has 0 aliphatic heterocycles. The normalized spacial score (nSPS) is 11.0. The SMILES string of the molecule is CCc1ccc(-c2cc3c(SCC(=O)Nc4cc(Cl)ccc4C)nccn3n2)cc1. The lowest BCUT2D eigenvalue weighted by atomic mass is 10.1. The largest absolute Gasteiger partial charge is 0.325 e. The zero-order valence-corrected chi connectivity index (χ0v) is 18.3. The molecule has 2 aromatic heterocycles. The fourth-order valence-electron chi connectivity index (χ4n) is 3.11. The first-order valence-electron chi connectivity index (χ1n) is 9.66. The molecule has 0 saturated heterocycles. The van der Waals surface area contributed by atoms with E-state index < -0.39 is 0 Å². The molecule has 0 fully saturated rings. The van der Waals surface area contributed by atoms with Gasteiger partial charge in [-0.2, -0.15) is 5.10 Å². The lowest BCUT2D eigenvalue weighted by Gasteiger charge is -2.08.